The molecule has 6 nitrogen and oxygen atoms in total. The number of nitrogens with one attached hydrogen (secondary N) is 2. The van der Waals surface area contributed by atoms with Crippen molar-refractivity contribution in [2.24, 2.45) is 0 Å². The number of nitriles is 1. The van der Waals surface area contributed by atoms with E-state index in [1.807, 2.05) is 6.07 Å². The molecule has 1 amide bonds. The Balaban J connectivity index is 2.18. The van der Waals surface area contributed by atoms with Crippen molar-refractivity contribution in [2.45, 2.75) is 0 Å². The molecule has 0 bridgehead atoms. The molecule has 2 rings (SSSR count). The second kappa shape index (κ2) is 8.99. The number of benzene rings is 2. The van der Waals surface area contributed by atoms with Gasteiger partial charge in [-0.1, -0.05) is 23.2 Å². The van der Waals surface area contributed by atoms with Crippen LogP contribution in [0.3, 0.4) is 0 Å². The maximum Gasteiger partial charge on any atom is 0.267 e. The Bertz CT molecular complexity index is 892. The van der Waals surface area contributed by atoms with E-state index in [4.69, 9.17) is 32.7 Å². The van der Waals surface area contributed by atoms with E-state index < -0.39 is 5.91 Å². The molecule has 0 fully saturated rings. The summed E-state index contributed by atoms with van der Waals surface area (Å²) >= 11 is 11.8. The zero-order valence-corrected chi connectivity index (χ0v) is 15.5. The van der Waals surface area contributed by atoms with Crippen LogP contribution in [0.5, 0.6) is 11.5 Å². The molecule has 2 N–H and O–H groups in total. The minimum atomic E-state index is -0.597. The number of carbonyl (C=O) groups is 1. The van der Waals surface area contributed by atoms with Crippen molar-refractivity contribution in [2.75, 3.05) is 24.9 Å². The van der Waals surface area contributed by atoms with Gasteiger partial charge in [0.15, 0.2) is 0 Å². The summed E-state index contributed by atoms with van der Waals surface area (Å²) in [6.45, 7) is 0. The first-order valence-corrected chi connectivity index (χ1v) is 8.09. The molecule has 134 valence electrons. The van der Waals surface area contributed by atoms with E-state index in [9.17, 15) is 10.1 Å². The van der Waals surface area contributed by atoms with Gasteiger partial charge < -0.3 is 20.1 Å². The van der Waals surface area contributed by atoms with E-state index in [1.165, 1.54) is 26.5 Å². The molecule has 8 heteroatoms. The fourth-order valence-corrected chi connectivity index (χ4v) is 2.30. The number of amides is 1. The van der Waals surface area contributed by atoms with Crippen LogP contribution in [0.1, 0.15) is 0 Å². The Morgan fingerprint density at radius 1 is 1.12 bits per heavy atom. The number of methoxy groups -OCH3 is 2. The number of rotatable bonds is 6. The maximum atomic E-state index is 12.3. The first-order valence-electron chi connectivity index (χ1n) is 7.33. The third kappa shape index (κ3) is 4.82. The van der Waals surface area contributed by atoms with Crippen LogP contribution < -0.4 is 20.1 Å². The van der Waals surface area contributed by atoms with Crippen molar-refractivity contribution >= 4 is 40.5 Å². The third-order valence-corrected chi connectivity index (χ3v) is 4.06. The smallest absolute Gasteiger partial charge is 0.267 e. The molecule has 0 aromatic heterocycles. The van der Waals surface area contributed by atoms with Crippen molar-refractivity contribution in [1.29, 1.82) is 5.26 Å². The highest BCUT2D eigenvalue weighted by molar-refractivity contribution is 6.42. The van der Waals surface area contributed by atoms with E-state index in [-0.39, 0.29) is 5.57 Å². The van der Waals surface area contributed by atoms with Gasteiger partial charge in [-0.3, -0.25) is 4.79 Å². The number of carbonyl (C=O) groups excluding carboxylic acids is 1. The fourth-order valence-electron chi connectivity index (χ4n) is 2.00. The van der Waals surface area contributed by atoms with Gasteiger partial charge in [-0.25, -0.2) is 0 Å². The van der Waals surface area contributed by atoms with Gasteiger partial charge in [-0.15, -0.1) is 0 Å². The Hall–Kier alpha value is -2.88. The summed E-state index contributed by atoms with van der Waals surface area (Å²) in [4.78, 5) is 12.3. The maximum absolute atomic E-state index is 12.3. The Morgan fingerprint density at radius 2 is 1.88 bits per heavy atom. The molecule has 0 heterocycles. The molecule has 0 aliphatic carbocycles. The molecule has 0 radical (unpaired) electrons. The molecule has 2 aromatic rings. The van der Waals surface area contributed by atoms with Crippen molar-refractivity contribution in [3.8, 4) is 17.6 Å². The highest BCUT2D eigenvalue weighted by Crippen LogP contribution is 2.29. The van der Waals surface area contributed by atoms with Gasteiger partial charge in [0, 0.05) is 18.0 Å². The van der Waals surface area contributed by atoms with Gasteiger partial charge in [-0.2, -0.15) is 5.26 Å². The number of nitrogens with zero attached hydrogens (tertiary/aromatic N) is 1. The molecular weight excluding hydrogens is 377 g/mol. The number of hydrogen-bond acceptors (Lipinski definition) is 5. The summed E-state index contributed by atoms with van der Waals surface area (Å²) in [5.41, 5.74) is 0.826. The standard InChI is InChI=1S/C18H15Cl2N3O3/c1-25-13-4-6-17(26-2)16(8-13)22-10-11(9-21)18(24)23-12-3-5-14(19)15(20)7-12/h3-8,10,22H,1-2H3,(H,23,24)/b11-10-. The Kier molecular flexibility index (Phi) is 6.73. The molecule has 0 unspecified atom stereocenters. The zero-order valence-electron chi connectivity index (χ0n) is 14.0. The van der Waals surface area contributed by atoms with Crippen molar-refractivity contribution in [1.82, 2.24) is 0 Å². The van der Waals surface area contributed by atoms with Crippen molar-refractivity contribution < 1.29 is 14.3 Å². The quantitative estimate of drug-likeness (QED) is 0.560. The average Bonchev–Trinajstić information content (AvgIpc) is 2.65. The van der Waals surface area contributed by atoms with Gasteiger partial charge in [-0.05, 0) is 30.3 Å². The molecule has 0 saturated heterocycles. The Labute approximate surface area is 160 Å². The van der Waals surface area contributed by atoms with E-state index >= 15 is 0 Å². The van der Waals surface area contributed by atoms with Crippen LogP contribution in [-0.4, -0.2) is 20.1 Å². The Morgan fingerprint density at radius 3 is 2.50 bits per heavy atom. The molecule has 0 aliphatic rings. The lowest BCUT2D eigenvalue weighted by molar-refractivity contribution is -0.112. The normalized spacial score (nSPS) is 10.7. The van der Waals surface area contributed by atoms with E-state index in [0.29, 0.717) is 32.9 Å². The number of hydrogen-bond donors (Lipinski definition) is 2. The molecular formula is C18H15Cl2N3O3. The van der Waals surface area contributed by atoms with Crippen LogP contribution in [0.2, 0.25) is 10.0 Å². The highest BCUT2D eigenvalue weighted by atomic mass is 35.5. The van der Waals surface area contributed by atoms with Gasteiger partial charge >= 0.3 is 0 Å². The highest BCUT2D eigenvalue weighted by Gasteiger charge is 2.11. The topological polar surface area (TPSA) is 83.4 Å². The van der Waals surface area contributed by atoms with Crippen molar-refractivity contribution in [3.63, 3.8) is 0 Å². The summed E-state index contributed by atoms with van der Waals surface area (Å²) in [5, 5.41) is 15.4. The van der Waals surface area contributed by atoms with Crippen LogP contribution >= 0.6 is 23.2 Å². The van der Waals surface area contributed by atoms with Crippen LogP contribution in [0.15, 0.2) is 48.2 Å². The lowest BCUT2D eigenvalue weighted by Gasteiger charge is -2.10. The largest absolute Gasteiger partial charge is 0.497 e. The molecule has 0 spiro atoms. The van der Waals surface area contributed by atoms with Gasteiger partial charge in [0.1, 0.15) is 23.1 Å². The first kappa shape index (κ1) is 19.4. The summed E-state index contributed by atoms with van der Waals surface area (Å²) in [7, 11) is 3.05. The van der Waals surface area contributed by atoms with E-state index in [2.05, 4.69) is 10.6 Å². The monoisotopic (exact) mass is 391 g/mol. The van der Waals surface area contributed by atoms with Crippen LogP contribution in [0.25, 0.3) is 0 Å². The molecule has 0 atom stereocenters. The molecule has 0 aliphatic heterocycles. The first-order chi connectivity index (χ1) is 12.5. The summed E-state index contributed by atoms with van der Waals surface area (Å²) < 4.78 is 10.4. The third-order valence-electron chi connectivity index (χ3n) is 3.32. The lowest BCUT2D eigenvalue weighted by Crippen LogP contribution is -2.14. The second-order valence-electron chi connectivity index (χ2n) is 4.96. The van der Waals surface area contributed by atoms with Gasteiger partial charge in [0.05, 0.1) is 30.0 Å². The van der Waals surface area contributed by atoms with Crippen LogP contribution in [0, 0.1) is 11.3 Å². The SMILES string of the molecule is COc1ccc(OC)c(N/C=C(/C#N)C(=O)Nc2ccc(Cl)c(Cl)c2)c1. The fraction of sp³-hybridized carbons (Fsp3) is 0.111. The average molecular weight is 392 g/mol. The predicted molar refractivity (Wildman–Crippen MR) is 102 cm³/mol. The van der Waals surface area contributed by atoms with Gasteiger partial charge in [0.25, 0.3) is 5.91 Å². The van der Waals surface area contributed by atoms with Crippen LogP contribution in [-0.2, 0) is 4.79 Å². The summed E-state index contributed by atoms with van der Waals surface area (Å²) in [5.74, 6) is 0.532. The van der Waals surface area contributed by atoms with Crippen molar-refractivity contribution in [3.05, 3.63) is 58.2 Å². The minimum Gasteiger partial charge on any atom is -0.497 e. The lowest BCUT2D eigenvalue weighted by atomic mass is 10.2. The predicted octanol–water partition coefficient (Wildman–Crippen LogP) is 4.47. The van der Waals surface area contributed by atoms with E-state index in [0.717, 1.165) is 0 Å². The molecule has 2 aromatic carbocycles. The summed E-state index contributed by atoms with van der Waals surface area (Å²) in [6, 6.07) is 11.6. The van der Waals surface area contributed by atoms with Gasteiger partial charge in [0.2, 0.25) is 0 Å². The zero-order chi connectivity index (χ0) is 19.1. The number of anilines is 2. The second-order valence-corrected chi connectivity index (χ2v) is 5.78. The van der Waals surface area contributed by atoms with Crippen LogP contribution in [0.4, 0.5) is 11.4 Å². The molecule has 26 heavy (non-hydrogen) atoms. The van der Waals surface area contributed by atoms with E-state index in [1.54, 1.807) is 30.3 Å². The summed E-state index contributed by atoms with van der Waals surface area (Å²) in [6.07, 6.45) is 1.28. The minimum absolute atomic E-state index is 0.138. The molecule has 0 saturated carbocycles. The number of ether oxygens (including phenoxy) is 2. The number of halogens is 2.